The third kappa shape index (κ3) is 5.24. The Morgan fingerprint density at radius 1 is 1.00 bits per heavy atom. The van der Waals surface area contributed by atoms with E-state index in [0.29, 0.717) is 0 Å². The molecule has 0 aliphatic heterocycles. The molecule has 0 aliphatic carbocycles. The fourth-order valence-electron chi connectivity index (χ4n) is 0.996. The monoisotopic (exact) mass is 252 g/mol. The summed E-state index contributed by atoms with van der Waals surface area (Å²) in [6.45, 7) is 1.82. The van der Waals surface area contributed by atoms with E-state index in [-0.39, 0.29) is 4.90 Å². The Kier molecular flexibility index (Phi) is 4.81. The summed E-state index contributed by atoms with van der Waals surface area (Å²) in [5, 5.41) is 0. The smallest absolute Gasteiger partial charge is 0.317 e. The standard InChI is InChI=1S/C7H8O3S.C5H5O/c1-6-2-4-7(5-3-6)11(8,9)10;1-2-4-6-5-3-1/h2-5H,1H3,(H,8,9,10);1-5H/q;+1/p-1. The molecule has 0 saturated heterocycles. The van der Waals surface area contributed by atoms with Gasteiger partial charge in [-0.15, -0.1) is 0 Å². The maximum Gasteiger partial charge on any atom is 0.317 e. The molecule has 0 amide bonds. The number of rotatable bonds is 1. The molecule has 90 valence electrons. The first-order valence-electron chi connectivity index (χ1n) is 4.83. The van der Waals surface area contributed by atoms with E-state index in [1.807, 2.05) is 25.1 Å². The maximum absolute atomic E-state index is 10.4. The Balaban J connectivity index is 0.000000202. The van der Waals surface area contributed by atoms with Crippen LogP contribution in [0.3, 0.4) is 0 Å². The van der Waals surface area contributed by atoms with Gasteiger partial charge in [0.15, 0.2) is 0 Å². The van der Waals surface area contributed by atoms with E-state index in [9.17, 15) is 13.0 Å². The first kappa shape index (κ1) is 13.3. The zero-order chi connectivity index (χ0) is 12.7. The molecule has 0 unspecified atom stereocenters. The summed E-state index contributed by atoms with van der Waals surface area (Å²) in [6, 6.07) is 11.4. The van der Waals surface area contributed by atoms with E-state index >= 15 is 0 Å². The van der Waals surface area contributed by atoms with E-state index in [2.05, 4.69) is 4.42 Å². The Morgan fingerprint density at radius 2 is 1.53 bits per heavy atom. The van der Waals surface area contributed by atoms with E-state index in [1.165, 1.54) is 12.1 Å². The summed E-state index contributed by atoms with van der Waals surface area (Å²) in [4.78, 5) is -0.178. The van der Waals surface area contributed by atoms with Crippen LogP contribution in [0.15, 0.2) is 64.3 Å². The lowest BCUT2D eigenvalue weighted by atomic mass is 10.2. The predicted molar refractivity (Wildman–Crippen MR) is 62.3 cm³/mol. The van der Waals surface area contributed by atoms with Gasteiger partial charge < -0.3 is 4.55 Å². The molecule has 1 heterocycles. The van der Waals surface area contributed by atoms with Gasteiger partial charge in [0, 0.05) is 12.1 Å². The van der Waals surface area contributed by atoms with E-state index < -0.39 is 10.1 Å². The van der Waals surface area contributed by atoms with Crippen LogP contribution in [0.1, 0.15) is 5.56 Å². The quantitative estimate of drug-likeness (QED) is 0.577. The van der Waals surface area contributed by atoms with Gasteiger partial charge in [0.05, 0.1) is 4.90 Å². The van der Waals surface area contributed by atoms with Crippen molar-refractivity contribution < 1.29 is 17.4 Å². The van der Waals surface area contributed by atoms with Gasteiger partial charge in [-0.05, 0) is 25.1 Å². The van der Waals surface area contributed by atoms with Crippen molar-refractivity contribution in [1.82, 2.24) is 0 Å². The van der Waals surface area contributed by atoms with Crippen LogP contribution in [0.4, 0.5) is 0 Å². The molecule has 2 rings (SSSR count). The van der Waals surface area contributed by atoms with Crippen LogP contribution in [0.5, 0.6) is 0 Å². The zero-order valence-corrected chi connectivity index (χ0v) is 10.1. The van der Waals surface area contributed by atoms with Gasteiger partial charge in [-0.2, -0.15) is 0 Å². The summed E-state index contributed by atoms with van der Waals surface area (Å²) in [6.07, 6.45) is 3.25. The fraction of sp³-hybridized carbons (Fsp3) is 0.0833. The van der Waals surface area contributed by atoms with Gasteiger partial charge in [-0.25, -0.2) is 12.8 Å². The summed E-state index contributed by atoms with van der Waals surface area (Å²) in [5.74, 6) is 0. The normalized spacial score (nSPS) is 10.2. The van der Waals surface area contributed by atoms with Crippen molar-refractivity contribution in [1.29, 1.82) is 0 Å². The molecule has 4 nitrogen and oxygen atoms in total. The minimum Gasteiger partial charge on any atom is -0.744 e. The van der Waals surface area contributed by atoms with E-state index in [1.54, 1.807) is 24.7 Å². The van der Waals surface area contributed by atoms with Crippen LogP contribution in [-0.4, -0.2) is 13.0 Å². The minimum atomic E-state index is -4.27. The van der Waals surface area contributed by atoms with Gasteiger partial charge in [0.25, 0.3) is 0 Å². The second-order valence-corrected chi connectivity index (χ2v) is 4.63. The van der Waals surface area contributed by atoms with Crippen molar-refractivity contribution >= 4 is 10.1 Å². The first-order valence-corrected chi connectivity index (χ1v) is 6.24. The van der Waals surface area contributed by atoms with E-state index in [4.69, 9.17) is 0 Å². The Hall–Kier alpha value is -1.72. The highest BCUT2D eigenvalue weighted by molar-refractivity contribution is 7.85. The molecule has 5 heteroatoms. The molecule has 1 aromatic carbocycles. The summed E-state index contributed by atoms with van der Waals surface area (Å²) < 4.78 is 35.8. The molecule has 0 spiro atoms. The average molecular weight is 252 g/mol. The second kappa shape index (κ2) is 6.12. The molecule has 17 heavy (non-hydrogen) atoms. The van der Waals surface area contributed by atoms with Crippen LogP contribution in [0, 0.1) is 6.92 Å². The van der Waals surface area contributed by atoms with Crippen molar-refractivity contribution in [2.75, 3.05) is 0 Å². The summed E-state index contributed by atoms with van der Waals surface area (Å²) in [7, 11) is -4.27. The molecule has 0 bridgehead atoms. The number of hydrogen-bond acceptors (Lipinski definition) is 3. The van der Waals surface area contributed by atoms with Crippen LogP contribution in [0.25, 0.3) is 0 Å². The molecule has 0 atom stereocenters. The molecule has 0 N–H and O–H groups in total. The van der Waals surface area contributed by atoms with Crippen LogP contribution < -0.4 is 0 Å². The highest BCUT2D eigenvalue weighted by Gasteiger charge is 1.97. The largest absolute Gasteiger partial charge is 0.744 e. The van der Waals surface area contributed by atoms with E-state index in [0.717, 1.165) is 5.56 Å². The maximum atomic E-state index is 10.4. The first-order chi connectivity index (χ1) is 8.00. The molecule has 0 saturated carbocycles. The highest BCUT2D eigenvalue weighted by Crippen LogP contribution is 2.08. The minimum absolute atomic E-state index is 0.178. The van der Waals surface area contributed by atoms with Crippen molar-refractivity contribution in [3.05, 3.63) is 60.6 Å². The highest BCUT2D eigenvalue weighted by atomic mass is 32.2. The van der Waals surface area contributed by atoms with Crippen molar-refractivity contribution in [2.24, 2.45) is 0 Å². The third-order valence-electron chi connectivity index (χ3n) is 1.85. The lowest BCUT2D eigenvalue weighted by molar-refractivity contribution is 0.463. The van der Waals surface area contributed by atoms with Crippen LogP contribution in [0.2, 0.25) is 0 Å². The van der Waals surface area contributed by atoms with Crippen molar-refractivity contribution in [3.8, 4) is 0 Å². The van der Waals surface area contributed by atoms with Gasteiger partial charge in [-0.1, -0.05) is 17.7 Å². The van der Waals surface area contributed by atoms with Gasteiger partial charge in [0.2, 0.25) is 0 Å². The molecule has 1 aromatic heterocycles. The Morgan fingerprint density at radius 3 is 1.82 bits per heavy atom. The van der Waals surface area contributed by atoms with Crippen molar-refractivity contribution in [3.63, 3.8) is 0 Å². The molecule has 0 fully saturated rings. The third-order valence-corrected chi connectivity index (χ3v) is 2.70. The van der Waals surface area contributed by atoms with Gasteiger partial charge >= 0.3 is 12.5 Å². The lowest BCUT2D eigenvalue weighted by Crippen LogP contribution is -1.97. The Labute approximate surface area is 100 Å². The van der Waals surface area contributed by atoms with Crippen molar-refractivity contribution in [2.45, 2.75) is 11.8 Å². The second-order valence-electron chi connectivity index (χ2n) is 3.25. The number of aryl methyl sites for hydroxylation is 1. The van der Waals surface area contributed by atoms with Gasteiger partial charge in [0.1, 0.15) is 10.1 Å². The van der Waals surface area contributed by atoms with Crippen LogP contribution in [-0.2, 0) is 10.1 Å². The van der Waals surface area contributed by atoms with Gasteiger partial charge in [-0.3, -0.25) is 0 Å². The SMILES string of the molecule is Cc1ccc(S(=O)(=O)[O-])cc1.c1cc[o+]cc1. The molecule has 0 aliphatic rings. The fourth-order valence-corrected chi connectivity index (χ4v) is 1.47. The van der Waals surface area contributed by atoms with Crippen LogP contribution >= 0.6 is 0 Å². The summed E-state index contributed by atoms with van der Waals surface area (Å²) >= 11 is 0. The number of hydrogen-bond donors (Lipinski definition) is 0. The molecular formula is C12H12O4S. The summed E-state index contributed by atoms with van der Waals surface area (Å²) in [5.41, 5.74) is 0.928. The molecule has 0 radical (unpaired) electrons. The average Bonchev–Trinajstić information content (AvgIpc) is 2.31. The number of benzene rings is 1. The zero-order valence-electron chi connectivity index (χ0n) is 9.24. The Bertz CT molecular complexity index is 506. The topological polar surface area (TPSA) is 68.5 Å². The molecule has 2 aromatic rings. The molecular weight excluding hydrogens is 240 g/mol. The lowest BCUT2D eigenvalue weighted by Gasteiger charge is -2.05. The predicted octanol–water partition coefficient (Wildman–Crippen LogP) is 2.46.